The summed E-state index contributed by atoms with van der Waals surface area (Å²) in [6.45, 7) is 13.2. The highest BCUT2D eigenvalue weighted by Gasteiger charge is 2.60. The SMILES string of the molecule is CCCC1(C)OC2C3CC(Cn4c(O)c(C(C)C)c(C(C)C)c4O)C(C3)C2O1. The molecule has 158 valence electrons. The first kappa shape index (κ1) is 20.1. The van der Waals surface area contributed by atoms with Gasteiger partial charge in [-0.25, -0.2) is 0 Å². The number of ether oxygens (including phenoxy) is 2. The van der Waals surface area contributed by atoms with Gasteiger partial charge in [-0.1, -0.05) is 41.0 Å². The lowest BCUT2D eigenvalue weighted by molar-refractivity contribution is -0.176. The molecular formula is C23H37NO4. The van der Waals surface area contributed by atoms with Crippen molar-refractivity contribution in [1.82, 2.24) is 4.57 Å². The Labute approximate surface area is 169 Å². The Morgan fingerprint density at radius 2 is 1.57 bits per heavy atom. The first-order valence-corrected chi connectivity index (χ1v) is 11.2. The van der Waals surface area contributed by atoms with Crippen LogP contribution < -0.4 is 0 Å². The van der Waals surface area contributed by atoms with E-state index in [4.69, 9.17) is 9.47 Å². The van der Waals surface area contributed by atoms with Crippen molar-refractivity contribution in [2.45, 2.75) is 104 Å². The van der Waals surface area contributed by atoms with Crippen LogP contribution in [0.5, 0.6) is 11.8 Å². The van der Waals surface area contributed by atoms with Crippen LogP contribution in [0.4, 0.5) is 0 Å². The van der Waals surface area contributed by atoms with Crippen LogP contribution in [0.15, 0.2) is 0 Å². The third kappa shape index (κ3) is 2.97. The van der Waals surface area contributed by atoms with Crippen molar-refractivity contribution >= 4 is 0 Å². The lowest BCUT2D eigenvalue weighted by atomic mass is 9.85. The normalized spacial score (nSPS) is 36.8. The third-order valence-corrected chi connectivity index (χ3v) is 7.33. The summed E-state index contributed by atoms with van der Waals surface area (Å²) in [7, 11) is 0. The molecule has 1 saturated heterocycles. The molecule has 1 aliphatic heterocycles. The van der Waals surface area contributed by atoms with Gasteiger partial charge in [-0.15, -0.1) is 0 Å². The Kier molecular flexibility index (Phi) is 4.98. The molecule has 28 heavy (non-hydrogen) atoms. The van der Waals surface area contributed by atoms with Gasteiger partial charge in [0.1, 0.15) is 0 Å². The van der Waals surface area contributed by atoms with Crippen LogP contribution in [-0.2, 0) is 16.0 Å². The van der Waals surface area contributed by atoms with E-state index in [1.807, 2.05) is 0 Å². The van der Waals surface area contributed by atoms with Crippen molar-refractivity contribution in [3.63, 3.8) is 0 Å². The van der Waals surface area contributed by atoms with Crippen molar-refractivity contribution in [3.8, 4) is 11.8 Å². The predicted molar refractivity (Wildman–Crippen MR) is 109 cm³/mol. The van der Waals surface area contributed by atoms with Gasteiger partial charge in [0, 0.05) is 24.1 Å². The molecule has 0 radical (unpaired) electrons. The summed E-state index contributed by atoms with van der Waals surface area (Å²) >= 11 is 0. The van der Waals surface area contributed by atoms with E-state index >= 15 is 0 Å². The summed E-state index contributed by atoms with van der Waals surface area (Å²) in [5.41, 5.74) is 1.79. The average molecular weight is 392 g/mol. The van der Waals surface area contributed by atoms with Crippen molar-refractivity contribution in [1.29, 1.82) is 0 Å². The molecule has 1 aromatic rings. The fraction of sp³-hybridized carbons (Fsp3) is 0.826. The minimum absolute atomic E-state index is 0.161. The molecule has 0 spiro atoms. The van der Waals surface area contributed by atoms with E-state index in [1.54, 1.807) is 4.57 Å². The van der Waals surface area contributed by atoms with E-state index in [2.05, 4.69) is 41.5 Å². The van der Waals surface area contributed by atoms with Gasteiger partial charge in [0.05, 0.1) is 12.2 Å². The summed E-state index contributed by atoms with van der Waals surface area (Å²) < 4.78 is 14.5. The zero-order valence-electron chi connectivity index (χ0n) is 18.2. The largest absolute Gasteiger partial charge is 0.494 e. The van der Waals surface area contributed by atoms with Crippen LogP contribution in [0.25, 0.3) is 0 Å². The Morgan fingerprint density at radius 1 is 1.00 bits per heavy atom. The van der Waals surface area contributed by atoms with Crippen molar-refractivity contribution in [2.24, 2.45) is 17.8 Å². The lowest BCUT2D eigenvalue weighted by Gasteiger charge is -2.30. The van der Waals surface area contributed by atoms with Gasteiger partial charge < -0.3 is 19.7 Å². The second-order valence-electron chi connectivity index (χ2n) is 10.1. The van der Waals surface area contributed by atoms with Crippen molar-refractivity contribution in [2.75, 3.05) is 0 Å². The van der Waals surface area contributed by atoms with Crippen LogP contribution in [0, 0.1) is 17.8 Å². The van der Waals surface area contributed by atoms with Crippen molar-refractivity contribution in [3.05, 3.63) is 11.1 Å². The number of fused-ring (bicyclic) bond motifs is 5. The average Bonchev–Trinajstić information content (AvgIpc) is 3.29. The molecule has 5 heteroatoms. The number of hydrogen-bond acceptors (Lipinski definition) is 4. The van der Waals surface area contributed by atoms with Gasteiger partial charge >= 0.3 is 0 Å². The molecule has 2 bridgehead atoms. The number of aromatic nitrogens is 1. The van der Waals surface area contributed by atoms with E-state index in [-0.39, 0.29) is 35.8 Å². The van der Waals surface area contributed by atoms with Crippen LogP contribution in [0.2, 0.25) is 0 Å². The summed E-state index contributed by atoms with van der Waals surface area (Å²) in [5, 5.41) is 21.9. The molecule has 2 heterocycles. The molecule has 6 unspecified atom stereocenters. The highest BCUT2D eigenvalue weighted by Crippen LogP contribution is 2.57. The standard InChI is InChI=1S/C23H37NO4/c1-7-8-23(6)27-19-14-9-15(16(10-14)20(19)28-23)11-24-21(25)17(12(2)3)18(13(4)5)22(24)26/h12-16,19-20,25-26H,7-11H2,1-6H3. The molecule has 0 amide bonds. The van der Waals surface area contributed by atoms with Crippen molar-refractivity contribution < 1.29 is 19.7 Å². The predicted octanol–water partition coefficient (Wildman–Crippen LogP) is 5.10. The summed E-state index contributed by atoms with van der Waals surface area (Å²) in [6, 6.07) is 0. The molecule has 4 rings (SSSR count). The molecule has 0 aromatic carbocycles. The molecular weight excluding hydrogens is 354 g/mol. The molecule has 2 aliphatic carbocycles. The molecule has 6 atom stereocenters. The number of hydrogen-bond donors (Lipinski definition) is 2. The van der Waals surface area contributed by atoms with Gasteiger partial charge in [-0.3, -0.25) is 4.57 Å². The topological polar surface area (TPSA) is 63.9 Å². The fourth-order valence-corrected chi connectivity index (χ4v) is 6.27. The smallest absolute Gasteiger partial charge is 0.197 e. The number of nitrogens with zero attached hydrogens (tertiary/aromatic N) is 1. The van der Waals surface area contributed by atoms with Crippen LogP contribution in [0.1, 0.15) is 90.2 Å². The summed E-state index contributed by atoms with van der Waals surface area (Å²) in [6.07, 6.45) is 4.59. The first-order chi connectivity index (χ1) is 13.2. The Balaban J connectivity index is 1.57. The highest BCUT2D eigenvalue weighted by atomic mass is 16.8. The maximum absolute atomic E-state index is 10.9. The van der Waals surface area contributed by atoms with E-state index < -0.39 is 5.79 Å². The number of rotatable bonds is 6. The molecule has 2 saturated carbocycles. The summed E-state index contributed by atoms with van der Waals surface area (Å²) in [5.74, 6) is 1.79. The van der Waals surface area contributed by atoms with E-state index in [0.29, 0.717) is 24.3 Å². The Bertz CT molecular complexity index is 708. The van der Waals surface area contributed by atoms with E-state index in [9.17, 15) is 10.2 Å². The maximum Gasteiger partial charge on any atom is 0.197 e. The minimum Gasteiger partial charge on any atom is -0.494 e. The lowest BCUT2D eigenvalue weighted by Crippen LogP contribution is -2.36. The maximum atomic E-state index is 10.9. The summed E-state index contributed by atoms with van der Waals surface area (Å²) in [4.78, 5) is 0. The molecule has 1 aromatic heterocycles. The van der Waals surface area contributed by atoms with Gasteiger partial charge in [0.25, 0.3) is 0 Å². The Hall–Kier alpha value is -1.20. The van der Waals surface area contributed by atoms with Gasteiger partial charge in [0.2, 0.25) is 0 Å². The monoisotopic (exact) mass is 391 g/mol. The quantitative estimate of drug-likeness (QED) is 0.708. The highest BCUT2D eigenvalue weighted by molar-refractivity contribution is 5.49. The van der Waals surface area contributed by atoms with Gasteiger partial charge in [-0.2, -0.15) is 0 Å². The molecule has 3 aliphatic rings. The zero-order valence-corrected chi connectivity index (χ0v) is 18.2. The second-order valence-corrected chi connectivity index (χ2v) is 10.1. The van der Waals surface area contributed by atoms with Crippen LogP contribution >= 0.6 is 0 Å². The van der Waals surface area contributed by atoms with Crippen LogP contribution in [0.3, 0.4) is 0 Å². The second kappa shape index (κ2) is 6.94. The van der Waals surface area contributed by atoms with E-state index in [0.717, 1.165) is 36.8 Å². The third-order valence-electron chi connectivity index (χ3n) is 7.33. The molecule has 2 N–H and O–H groups in total. The molecule has 3 fully saturated rings. The van der Waals surface area contributed by atoms with Gasteiger partial charge in [0.15, 0.2) is 17.5 Å². The first-order valence-electron chi connectivity index (χ1n) is 11.2. The van der Waals surface area contributed by atoms with Gasteiger partial charge in [-0.05, 0) is 49.4 Å². The Morgan fingerprint density at radius 3 is 2.11 bits per heavy atom. The van der Waals surface area contributed by atoms with Crippen LogP contribution in [-0.4, -0.2) is 32.8 Å². The minimum atomic E-state index is -0.441. The number of aromatic hydroxyl groups is 2. The zero-order chi connectivity index (χ0) is 20.4. The molecule has 5 nitrogen and oxygen atoms in total. The van der Waals surface area contributed by atoms with E-state index in [1.165, 1.54) is 0 Å². The fourth-order valence-electron chi connectivity index (χ4n) is 6.27.